The number of nitrogens with zero attached hydrogens (tertiary/aromatic N) is 4. The number of aryl methyl sites for hydroxylation is 1. The Morgan fingerprint density at radius 3 is 3.00 bits per heavy atom. The van der Waals surface area contributed by atoms with E-state index in [2.05, 4.69) is 20.8 Å². The summed E-state index contributed by atoms with van der Waals surface area (Å²) in [6.45, 7) is 2.23. The molecule has 0 unspecified atom stereocenters. The maximum absolute atomic E-state index is 6.07. The number of ether oxygens (including phenoxy) is 1. The number of nitrogens with one attached hydrogen (secondary N) is 1. The molecule has 0 aliphatic rings. The minimum atomic E-state index is 0.684. The summed E-state index contributed by atoms with van der Waals surface area (Å²) in [6.07, 6.45) is 0. The molecule has 0 amide bonds. The third-order valence-corrected chi connectivity index (χ3v) is 3.97. The summed E-state index contributed by atoms with van der Waals surface area (Å²) in [5.41, 5.74) is 1.15. The van der Waals surface area contributed by atoms with E-state index in [0.29, 0.717) is 11.6 Å². The zero-order valence-electron chi connectivity index (χ0n) is 11.3. The summed E-state index contributed by atoms with van der Waals surface area (Å²) in [7, 11) is 3.50. The fraction of sp³-hybridized carbons (Fsp3) is 0.417. The highest BCUT2D eigenvalue weighted by atomic mass is 35.5. The van der Waals surface area contributed by atoms with Gasteiger partial charge in [0.25, 0.3) is 0 Å². The van der Waals surface area contributed by atoms with Crippen molar-refractivity contribution >= 4 is 23.4 Å². The molecule has 0 fully saturated rings. The molecule has 20 heavy (non-hydrogen) atoms. The third-order valence-electron chi connectivity index (χ3n) is 2.61. The minimum Gasteiger partial charge on any atom is -0.383 e. The normalized spacial score (nSPS) is 10.9. The molecule has 0 saturated heterocycles. The van der Waals surface area contributed by atoms with Gasteiger partial charge in [0.1, 0.15) is 0 Å². The molecule has 0 spiro atoms. The summed E-state index contributed by atoms with van der Waals surface area (Å²) in [4.78, 5) is 1.04. The van der Waals surface area contributed by atoms with Crippen LogP contribution in [-0.4, -0.2) is 40.5 Å². The van der Waals surface area contributed by atoms with Crippen molar-refractivity contribution in [2.75, 3.05) is 20.3 Å². The van der Waals surface area contributed by atoms with Crippen molar-refractivity contribution in [3.8, 4) is 0 Å². The van der Waals surface area contributed by atoms with Gasteiger partial charge in [-0.05, 0) is 39.9 Å². The summed E-state index contributed by atoms with van der Waals surface area (Å²) < 4.78 is 6.64. The molecule has 108 valence electrons. The lowest BCUT2D eigenvalue weighted by molar-refractivity contribution is 0.199. The largest absolute Gasteiger partial charge is 0.383 e. The quantitative estimate of drug-likeness (QED) is 0.786. The molecule has 0 saturated carbocycles. The second-order valence-corrected chi connectivity index (χ2v) is 5.55. The van der Waals surface area contributed by atoms with E-state index in [4.69, 9.17) is 16.3 Å². The second kappa shape index (κ2) is 7.58. The standard InChI is InChI=1S/C12H16ClN5OS/c1-18-12(15-16-17-18)20-11-7-10(13)4-3-9(11)8-14-5-6-19-2/h3-4,7,14H,5-6,8H2,1-2H3. The lowest BCUT2D eigenvalue weighted by atomic mass is 10.2. The Labute approximate surface area is 126 Å². The number of benzene rings is 1. The van der Waals surface area contributed by atoms with E-state index in [0.717, 1.165) is 28.7 Å². The fourth-order valence-electron chi connectivity index (χ4n) is 1.57. The summed E-state index contributed by atoms with van der Waals surface area (Å²) in [5.74, 6) is 0. The van der Waals surface area contributed by atoms with Crippen LogP contribution in [0.4, 0.5) is 0 Å². The Hall–Kier alpha value is -1.15. The summed E-state index contributed by atoms with van der Waals surface area (Å²) in [5, 5.41) is 16.2. The van der Waals surface area contributed by atoms with Gasteiger partial charge in [0.15, 0.2) is 0 Å². The lowest BCUT2D eigenvalue weighted by Crippen LogP contribution is -2.18. The van der Waals surface area contributed by atoms with Gasteiger partial charge in [0.2, 0.25) is 5.16 Å². The predicted octanol–water partition coefficient (Wildman–Crippen LogP) is 1.75. The SMILES string of the molecule is COCCNCc1ccc(Cl)cc1Sc1nnnn1C. The average molecular weight is 314 g/mol. The van der Waals surface area contributed by atoms with Crippen molar-refractivity contribution in [3.63, 3.8) is 0 Å². The van der Waals surface area contributed by atoms with Crippen LogP contribution in [-0.2, 0) is 18.3 Å². The molecule has 2 rings (SSSR count). The number of tetrazole rings is 1. The van der Waals surface area contributed by atoms with Crippen molar-refractivity contribution in [1.82, 2.24) is 25.5 Å². The van der Waals surface area contributed by atoms with Crippen LogP contribution >= 0.6 is 23.4 Å². The summed E-state index contributed by atoms with van der Waals surface area (Å²) >= 11 is 7.56. The highest BCUT2D eigenvalue weighted by Gasteiger charge is 2.10. The van der Waals surface area contributed by atoms with Gasteiger partial charge >= 0.3 is 0 Å². The maximum atomic E-state index is 6.07. The Morgan fingerprint density at radius 1 is 1.45 bits per heavy atom. The van der Waals surface area contributed by atoms with Crippen molar-refractivity contribution in [3.05, 3.63) is 28.8 Å². The van der Waals surface area contributed by atoms with Crippen LogP contribution in [0, 0.1) is 0 Å². The van der Waals surface area contributed by atoms with Gasteiger partial charge in [-0.1, -0.05) is 17.7 Å². The van der Waals surface area contributed by atoms with Gasteiger partial charge in [-0.2, -0.15) is 0 Å². The zero-order valence-corrected chi connectivity index (χ0v) is 12.9. The van der Waals surface area contributed by atoms with Gasteiger partial charge in [-0.3, -0.25) is 0 Å². The van der Waals surface area contributed by atoms with Crippen molar-refractivity contribution in [1.29, 1.82) is 0 Å². The van der Waals surface area contributed by atoms with Crippen LogP contribution in [0.25, 0.3) is 0 Å². The van der Waals surface area contributed by atoms with Crippen LogP contribution in [0.1, 0.15) is 5.56 Å². The molecule has 2 aromatic rings. The Balaban J connectivity index is 2.09. The van der Waals surface area contributed by atoms with E-state index in [-0.39, 0.29) is 0 Å². The first-order chi connectivity index (χ1) is 9.70. The molecule has 0 aliphatic heterocycles. The first-order valence-corrected chi connectivity index (χ1v) is 7.28. The van der Waals surface area contributed by atoms with E-state index < -0.39 is 0 Å². The van der Waals surface area contributed by atoms with Gasteiger partial charge in [0, 0.05) is 37.2 Å². The van der Waals surface area contributed by atoms with Crippen LogP contribution in [0.3, 0.4) is 0 Å². The van der Waals surface area contributed by atoms with Gasteiger partial charge in [0.05, 0.1) is 6.61 Å². The number of halogens is 1. The molecule has 0 aliphatic carbocycles. The highest BCUT2D eigenvalue weighted by molar-refractivity contribution is 7.99. The first-order valence-electron chi connectivity index (χ1n) is 6.09. The van der Waals surface area contributed by atoms with Crippen LogP contribution in [0.15, 0.2) is 28.3 Å². The van der Waals surface area contributed by atoms with Crippen molar-refractivity contribution in [2.45, 2.75) is 16.6 Å². The highest BCUT2D eigenvalue weighted by Crippen LogP contribution is 2.30. The first kappa shape index (κ1) is 15.2. The lowest BCUT2D eigenvalue weighted by Gasteiger charge is -2.10. The number of rotatable bonds is 7. The van der Waals surface area contributed by atoms with Crippen LogP contribution < -0.4 is 5.32 Å². The number of hydrogen-bond acceptors (Lipinski definition) is 6. The van der Waals surface area contributed by atoms with Crippen LogP contribution in [0.2, 0.25) is 5.02 Å². The Bertz CT molecular complexity index is 563. The van der Waals surface area contributed by atoms with E-state index >= 15 is 0 Å². The maximum Gasteiger partial charge on any atom is 0.213 e. The molecule has 1 aromatic heterocycles. The molecule has 0 radical (unpaired) electrons. The van der Waals surface area contributed by atoms with Crippen molar-refractivity contribution in [2.24, 2.45) is 7.05 Å². The fourth-order valence-corrected chi connectivity index (χ4v) is 2.71. The second-order valence-electron chi connectivity index (χ2n) is 4.11. The molecular formula is C12H16ClN5OS. The molecule has 1 N–H and O–H groups in total. The van der Waals surface area contributed by atoms with Gasteiger partial charge < -0.3 is 10.1 Å². The number of aromatic nitrogens is 4. The Kier molecular flexibility index (Phi) is 5.78. The topological polar surface area (TPSA) is 64.9 Å². The molecule has 0 bridgehead atoms. The van der Waals surface area contributed by atoms with E-state index in [9.17, 15) is 0 Å². The smallest absolute Gasteiger partial charge is 0.213 e. The molecule has 8 heteroatoms. The van der Waals surface area contributed by atoms with Crippen molar-refractivity contribution < 1.29 is 4.74 Å². The number of methoxy groups -OCH3 is 1. The van der Waals surface area contributed by atoms with Gasteiger partial charge in [-0.15, -0.1) is 5.10 Å². The molecule has 0 atom stereocenters. The van der Waals surface area contributed by atoms with E-state index in [1.807, 2.05) is 25.2 Å². The third kappa shape index (κ3) is 4.17. The molecule has 6 nitrogen and oxygen atoms in total. The average Bonchev–Trinajstić information content (AvgIpc) is 2.82. The monoisotopic (exact) mass is 313 g/mol. The molecular weight excluding hydrogens is 298 g/mol. The minimum absolute atomic E-state index is 0.684. The van der Waals surface area contributed by atoms with E-state index in [1.54, 1.807) is 11.8 Å². The zero-order chi connectivity index (χ0) is 14.4. The van der Waals surface area contributed by atoms with Crippen LogP contribution in [0.5, 0.6) is 0 Å². The van der Waals surface area contributed by atoms with E-state index in [1.165, 1.54) is 11.8 Å². The molecule has 1 heterocycles. The Morgan fingerprint density at radius 2 is 2.30 bits per heavy atom. The number of hydrogen-bond donors (Lipinski definition) is 1. The van der Waals surface area contributed by atoms with Gasteiger partial charge in [-0.25, -0.2) is 4.68 Å². The molecule has 1 aromatic carbocycles. The summed E-state index contributed by atoms with van der Waals surface area (Å²) in [6, 6.07) is 5.82. The predicted molar refractivity (Wildman–Crippen MR) is 78.0 cm³/mol.